The van der Waals surface area contributed by atoms with Crippen LogP contribution in [-0.4, -0.2) is 6.54 Å². The summed E-state index contributed by atoms with van der Waals surface area (Å²) >= 11 is 0. The van der Waals surface area contributed by atoms with Crippen molar-refractivity contribution in [1.29, 1.82) is 0 Å². The van der Waals surface area contributed by atoms with Crippen LogP contribution in [0.1, 0.15) is 36.3 Å². The van der Waals surface area contributed by atoms with Gasteiger partial charge in [-0.15, -0.1) is 0 Å². The summed E-state index contributed by atoms with van der Waals surface area (Å²) in [6.45, 7) is 2.84. The molecule has 0 aliphatic rings. The fraction of sp³-hybridized carbons (Fsp3) is 0.294. The monoisotopic (exact) mass is 257 g/mol. The third-order valence-electron chi connectivity index (χ3n) is 3.70. The van der Waals surface area contributed by atoms with Gasteiger partial charge in [0.2, 0.25) is 0 Å². The fourth-order valence-corrected chi connectivity index (χ4v) is 2.58. The molecule has 2 aromatic rings. The molecule has 0 heterocycles. The Morgan fingerprint density at radius 1 is 0.947 bits per heavy atom. The van der Waals surface area contributed by atoms with Crippen LogP contribution in [0.15, 0.2) is 54.6 Å². The van der Waals surface area contributed by atoms with E-state index in [1.54, 1.807) is 0 Å². The Balaban J connectivity index is 2.26. The van der Waals surface area contributed by atoms with E-state index in [9.17, 15) is 4.39 Å². The van der Waals surface area contributed by atoms with Crippen molar-refractivity contribution in [3.05, 3.63) is 71.5 Å². The van der Waals surface area contributed by atoms with E-state index in [1.165, 1.54) is 17.7 Å². The molecule has 1 nitrogen and oxygen atoms in total. The van der Waals surface area contributed by atoms with Crippen molar-refractivity contribution in [1.82, 2.24) is 0 Å². The normalized spacial score (nSPS) is 14.1. The maximum absolute atomic E-state index is 13.0. The van der Waals surface area contributed by atoms with E-state index in [1.807, 2.05) is 18.2 Å². The number of nitrogens with two attached hydrogens (primary N) is 1. The highest BCUT2D eigenvalue weighted by atomic mass is 19.1. The van der Waals surface area contributed by atoms with E-state index in [-0.39, 0.29) is 5.82 Å². The van der Waals surface area contributed by atoms with Crippen molar-refractivity contribution in [3.8, 4) is 0 Å². The quantitative estimate of drug-likeness (QED) is 0.858. The Hall–Kier alpha value is -1.67. The van der Waals surface area contributed by atoms with Gasteiger partial charge in [0.25, 0.3) is 0 Å². The van der Waals surface area contributed by atoms with Gasteiger partial charge < -0.3 is 5.73 Å². The second-order valence-electron chi connectivity index (χ2n) is 4.93. The fourth-order valence-electron chi connectivity index (χ4n) is 2.58. The summed E-state index contributed by atoms with van der Waals surface area (Å²) in [5.41, 5.74) is 8.20. The van der Waals surface area contributed by atoms with Crippen LogP contribution in [0.5, 0.6) is 0 Å². The van der Waals surface area contributed by atoms with Gasteiger partial charge in [0, 0.05) is 0 Å². The first-order valence-electron chi connectivity index (χ1n) is 6.73. The zero-order valence-corrected chi connectivity index (χ0v) is 11.2. The highest BCUT2D eigenvalue weighted by molar-refractivity contribution is 5.28. The minimum absolute atomic E-state index is 0.189. The molecular weight excluding hydrogens is 237 g/mol. The van der Waals surface area contributed by atoms with Crippen LogP contribution in [0.2, 0.25) is 0 Å². The molecule has 0 aliphatic heterocycles. The highest BCUT2D eigenvalue weighted by Gasteiger charge is 2.20. The maximum Gasteiger partial charge on any atom is 0.123 e. The van der Waals surface area contributed by atoms with Gasteiger partial charge in [0.15, 0.2) is 0 Å². The lowest BCUT2D eigenvalue weighted by molar-refractivity contribution is 0.540. The van der Waals surface area contributed by atoms with E-state index >= 15 is 0 Å². The minimum Gasteiger partial charge on any atom is -0.330 e. The van der Waals surface area contributed by atoms with Crippen molar-refractivity contribution in [2.75, 3.05) is 6.54 Å². The standard InChI is InChI=1S/C17H20FN/c1-13(14-7-9-16(18)10-8-14)17(11-12-19)15-5-3-2-4-6-15/h2-10,13,17H,11-12,19H2,1H3. The Morgan fingerprint density at radius 2 is 1.58 bits per heavy atom. The Labute approximate surface area is 114 Å². The molecule has 2 unspecified atom stereocenters. The number of hydrogen-bond acceptors (Lipinski definition) is 1. The van der Waals surface area contributed by atoms with Gasteiger partial charge in [-0.2, -0.15) is 0 Å². The molecule has 2 atom stereocenters. The van der Waals surface area contributed by atoms with E-state index in [4.69, 9.17) is 5.73 Å². The predicted molar refractivity (Wildman–Crippen MR) is 77.7 cm³/mol. The van der Waals surface area contributed by atoms with Crippen molar-refractivity contribution in [2.45, 2.75) is 25.2 Å². The first-order valence-corrected chi connectivity index (χ1v) is 6.73. The Kier molecular flexibility index (Phi) is 4.69. The van der Waals surface area contributed by atoms with Crippen LogP contribution in [0, 0.1) is 5.82 Å². The van der Waals surface area contributed by atoms with E-state index in [2.05, 4.69) is 31.2 Å². The van der Waals surface area contributed by atoms with Crippen molar-refractivity contribution >= 4 is 0 Å². The first-order chi connectivity index (χ1) is 9.22. The molecule has 0 bridgehead atoms. The number of hydrogen-bond donors (Lipinski definition) is 1. The van der Waals surface area contributed by atoms with Gasteiger partial charge in [-0.1, -0.05) is 49.4 Å². The maximum atomic E-state index is 13.0. The van der Waals surface area contributed by atoms with Gasteiger partial charge in [-0.3, -0.25) is 0 Å². The van der Waals surface area contributed by atoms with Gasteiger partial charge in [0.05, 0.1) is 0 Å². The molecule has 2 aromatic carbocycles. The summed E-state index contributed by atoms with van der Waals surface area (Å²) in [7, 11) is 0. The molecule has 0 radical (unpaired) electrons. The second kappa shape index (κ2) is 6.48. The summed E-state index contributed by atoms with van der Waals surface area (Å²) in [6.07, 6.45) is 0.933. The number of halogens is 1. The molecule has 2 rings (SSSR count). The van der Waals surface area contributed by atoms with Crippen LogP contribution in [0.4, 0.5) is 4.39 Å². The van der Waals surface area contributed by atoms with E-state index < -0.39 is 0 Å². The first kappa shape index (κ1) is 13.8. The lowest BCUT2D eigenvalue weighted by Crippen LogP contribution is -2.13. The van der Waals surface area contributed by atoms with Crippen LogP contribution >= 0.6 is 0 Å². The van der Waals surface area contributed by atoms with Crippen molar-refractivity contribution in [2.24, 2.45) is 5.73 Å². The summed E-state index contributed by atoms with van der Waals surface area (Å²) in [6, 6.07) is 17.2. The van der Waals surface area contributed by atoms with Gasteiger partial charge in [-0.05, 0) is 48.1 Å². The molecule has 0 saturated carbocycles. The molecule has 2 N–H and O–H groups in total. The SMILES string of the molecule is CC(c1ccc(F)cc1)C(CCN)c1ccccc1. The average molecular weight is 257 g/mol. The summed E-state index contributed by atoms with van der Waals surface area (Å²) < 4.78 is 13.0. The smallest absolute Gasteiger partial charge is 0.123 e. The third kappa shape index (κ3) is 3.42. The summed E-state index contributed by atoms with van der Waals surface area (Å²) in [5, 5.41) is 0. The van der Waals surface area contributed by atoms with Gasteiger partial charge in [-0.25, -0.2) is 4.39 Å². The van der Waals surface area contributed by atoms with Crippen LogP contribution in [0.25, 0.3) is 0 Å². The molecule has 19 heavy (non-hydrogen) atoms. The molecular formula is C17H20FN. The van der Waals surface area contributed by atoms with Crippen molar-refractivity contribution < 1.29 is 4.39 Å². The molecule has 0 saturated heterocycles. The zero-order chi connectivity index (χ0) is 13.7. The average Bonchev–Trinajstić information content (AvgIpc) is 2.46. The number of rotatable bonds is 5. The molecule has 100 valence electrons. The van der Waals surface area contributed by atoms with Crippen molar-refractivity contribution in [3.63, 3.8) is 0 Å². The Morgan fingerprint density at radius 3 is 2.16 bits per heavy atom. The second-order valence-corrected chi connectivity index (χ2v) is 4.93. The van der Waals surface area contributed by atoms with Crippen LogP contribution in [0.3, 0.4) is 0 Å². The molecule has 0 spiro atoms. The minimum atomic E-state index is -0.189. The lowest BCUT2D eigenvalue weighted by Gasteiger charge is -2.24. The van der Waals surface area contributed by atoms with E-state index in [0.717, 1.165) is 12.0 Å². The lowest BCUT2D eigenvalue weighted by atomic mass is 9.81. The molecule has 0 aliphatic carbocycles. The third-order valence-corrected chi connectivity index (χ3v) is 3.70. The zero-order valence-electron chi connectivity index (χ0n) is 11.2. The summed E-state index contributed by atoms with van der Waals surface area (Å²) in [5.74, 6) is 0.509. The molecule has 0 aromatic heterocycles. The number of benzene rings is 2. The molecule has 0 amide bonds. The Bertz CT molecular complexity index is 492. The molecule has 0 fully saturated rings. The van der Waals surface area contributed by atoms with Gasteiger partial charge in [0.1, 0.15) is 5.82 Å². The predicted octanol–water partition coefficient (Wildman–Crippen LogP) is 4.06. The summed E-state index contributed by atoms with van der Waals surface area (Å²) in [4.78, 5) is 0. The molecule has 2 heteroatoms. The van der Waals surface area contributed by atoms with Crippen LogP contribution < -0.4 is 5.73 Å². The topological polar surface area (TPSA) is 26.0 Å². The largest absolute Gasteiger partial charge is 0.330 e. The van der Waals surface area contributed by atoms with E-state index in [0.29, 0.717) is 18.4 Å². The van der Waals surface area contributed by atoms with Gasteiger partial charge >= 0.3 is 0 Å². The highest BCUT2D eigenvalue weighted by Crippen LogP contribution is 2.34. The van der Waals surface area contributed by atoms with Crippen LogP contribution in [-0.2, 0) is 0 Å².